The molecule has 0 aromatic heterocycles. The lowest BCUT2D eigenvalue weighted by molar-refractivity contribution is 0.0271. The van der Waals surface area contributed by atoms with E-state index in [0.29, 0.717) is 19.0 Å². The molecular weight excluding hydrogens is 219 g/mol. The van der Waals surface area contributed by atoms with Crippen LogP contribution < -0.4 is 5.73 Å². The summed E-state index contributed by atoms with van der Waals surface area (Å²) >= 11 is 0. The topological polar surface area (TPSA) is 46.3 Å². The van der Waals surface area contributed by atoms with Crippen LogP contribution in [0.25, 0.3) is 0 Å². The summed E-state index contributed by atoms with van der Waals surface area (Å²) < 4.78 is 13.4. The zero-order valence-electron chi connectivity index (χ0n) is 10.1. The molecule has 1 aliphatic rings. The van der Waals surface area contributed by atoms with Crippen LogP contribution in [-0.2, 0) is 0 Å². The van der Waals surface area contributed by atoms with E-state index < -0.39 is 5.82 Å². The van der Waals surface area contributed by atoms with Crippen molar-refractivity contribution in [1.82, 2.24) is 4.90 Å². The van der Waals surface area contributed by atoms with Crippen LogP contribution >= 0.6 is 0 Å². The Morgan fingerprint density at radius 3 is 2.53 bits per heavy atom. The molecule has 92 valence electrons. The van der Waals surface area contributed by atoms with E-state index >= 15 is 0 Å². The highest BCUT2D eigenvalue weighted by molar-refractivity contribution is 5.95. The molecule has 0 radical (unpaired) electrons. The lowest BCUT2D eigenvalue weighted by atomic mass is 9.80. The van der Waals surface area contributed by atoms with Gasteiger partial charge in [0, 0.05) is 13.1 Å². The number of hydrogen-bond acceptors (Lipinski definition) is 2. The van der Waals surface area contributed by atoms with Crippen LogP contribution in [0.2, 0.25) is 0 Å². The fourth-order valence-electron chi connectivity index (χ4n) is 1.98. The zero-order valence-corrected chi connectivity index (χ0v) is 10.1. The smallest absolute Gasteiger partial charge is 0.256 e. The largest absolute Gasteiger partial charge is 0.335 e. The average Bonchev–Trinajstić information content (AvgIpc) is 2.24. The van der Waals surface area contributed by atoms with Crippen LogP contribution in [0.5, 0.6) is 0 Å². The van der Waals surface area contributed by atoms with Crippen LogP contribution in [0.1, 0.15) is 24.2 Å². The summed E-state index contributed by atoms with van der Waals surface area (Å²) in [5, 5.41) is 0. The van der Waals surface area contributed by atoms with Crippen molar-refractivity contribution < 1.29 is 9.18 Å². The molecule has 1 aromatic carbocycles. The Hall–Kier alpha value is -1.42. The minimum atomic E-state index is -0.475. The highest BCUT2D eigenvalue weighted by Gasteiger charge is 2.44. The van der Waals surface area contributed by atoms with Gasteiger partial charge in [-0.2, -0.15) is 0 Å². The van der Waals surface area contributed by atoms with Crippen LogP contribution in [0, 0.1) is 11.7 Å². The highest BCUT2D eigenvalue weighted by Crippen LogP contribution is 2.27. The molecule has 1 heterocycles. The molecule has 1 amide bonds. The van der Waals surface area contributed by atoms with Crippen molar-refractivity contribution in [2.75, 3.05) is 13.1 Å². The summed E-state index contributed by atoms with van der Waals surface area (Å²) in [6.07, 6.45) is 0. The highest BCUT2D eigenvalue weighted by atomic mass is 19.1. The van der Waals surface area contributed by atoms with Gasteiger partial charge < -0.3 is 10.6 Å². The first-order valence-corrected chi connectivity index (χ1v) is 5.77. The maximum Gasteiger partial charge on any atom is 0.256 e. The van der Waals surface area contributed by atoms with Gasteiger partial charge in [-0.05, 0) is 18.1 Å². The molecule has 0 spiro atoms. The van der Waals surface area contributed by atoms with Crippen LogP contribution in [0.4, 0.5) is 4.39 Å². The van der Waals surface area contributed by atoms with Gasteiger partial charge in [-0.3, -0.25) is 4.79 Å². The first-order valence-electron chi connectivity index (χ1n) is 5.77. The summed E-state index contributed by atoms with van der Waals surface area (Å²) in [4.78, 5) is 13.6. The molecule has 0 bridgehead atoms. The second kappa shape index (κ2) is 4.11. The van der Waals surface area contributed by atoms with Crippen molar-refractivity contribution in [3.63, 3.8) is 0 Å². The SMILES string of the molecule is CC(C)C1(N)CN(C(=O)c2ccccc2F)C1. The number of rotatable bonds is 2. The van der Waals surface area contributed by atoms with Crippen LogP contribution in [-0.4, -0.2) is 29.4 Å². The maximum absolute atomic E-state index is 13.4. The molecule has 1 fully saturated rings. The zero-order chi connectivity index (χ0) is 12.6. The van der Waals surface area contributed by atoms with Crippen molar-refractivity contribution in [2.45, 2.75) is 19.4 Å². The third-order valence-electron chi connectivity index (χ3n) is 3.51. The summed E-state index contributed by atoms with van der Waals surface area (Å²) in [7, 11) is 0. The molecule has 2 rings (SSSR count). The summed E-state index contributed by atoms with van der Waals surface area (Å²) in [6, 6.07) is 6.03. The predicted molar refractivity (Wildman–Crippen MR) is 64.1 cm³/mol. The van der Waals surface area contributed by atoms with Gasteiger partial charge in [0.25, 0.3) is 5.91 Å². The van der Waals surface area contributed by atoms with Gasteiger partial charge in [-0.25, -0.2) is 4.39 Å². The Labute approximate surface area is 100 Å². The molecule has 17 heavy (non-hydrogen) atoms. The minimum absolute atomic E-state index is 0.123. The second-order valence-electron chi connectivity index (χ2n) is 5.03. The molecule has 3 nitrogen and oxygen atoms in total. The van der Waals surface area contributed by atoms with Gasteiger partial charge in [0.05, 0.1) is 11.1 Å². The number of nitrogens with two attached hydrogens (primary N) is 1. The number of halogens is 1. The quantitative estimate of drug-likeness (QED) is 0.848. The molecule has 0 saturated carbocycles. The fourth-order valence-corrected chi connectivity index (χ4v) is 1.98. The van der Waals surface area contributed by atoms with Gasteiger partial charge in [-0.15, -0.1) is 0 Å². The van der Waals surface area contributed by atoms with Crippen molar-refractivity contribution in [2.24, 2.45) is 11.7 Å². The van der Waals surface area contributed by atoms with Crippen molar-refractivity contribution in [3.05, 3.63) is 35.6 Å². The van der Waals surface area contributed by atoms with E-state index in [4.69, 9.17) is 5.73 Å². The Balaban J connectivity index is 2.08. The molecule has 0 atom stereocenters. The normalized spacial score (nSPS) is 18.1. The Bertz CT molecular complexity index is 439. The summed E-state index contributed by atoms with van der Waals surface area (Å²) in [5.41, 5.74) is 5.91. The number of likely N-dealkylation sites (tertiary alicyclic amines) is 1. The number of nitrogens with zero attached hydrogens (tertiary/aromatic N) is 1. The third kappa shape index (κ3) is 2.05. The van der Waals surface area contributed by atoms with E-state index in [1.807, 2.05) is 13.8 Å². The number of amides is 1. The van der Waals surface area contributed by atoms with Crippen molar-refractivity contribution in [1.29, 1.82) is 0 Å². The van der Waals surface area contributed by atoms with E-state index in [0.717, 1.165) is 0 Å². The number of hydrogen-bond donors (Lipinski definition) is 1. The maximum atomic E-state index is 13.4. The third-order valence-corrected chi connectivity index (χ3v) is 3.51. The molecule has 0 unspecified atom stereocenters. The number of carbonyl (C=O) groups is 1. The molecule has 1 saturated heterocycles. The average molecular weight is 236 g/mol. The van der Waals surface area contributed by atoms with E-state index in [1.54, 1.807) is 17.0 Å². The van der Waals surface area contributed by atoms with Gasteiger partial charge in [0.15, 0.2) is 0 Å². The number of carbonyl (C=O) groups excluding carboxylic acids is 1. The molecule has 0 aliphatic carbocycles. The fraction of sp³-hybridized carbons (Fsp3) is 0.462. The van der Waals surface area contributed by atoms with Gasteiger partial charge >= 0.3 is 0 Å². The lowest BCUT2D eigenvalue weighted by Crippen LogP contribution is -2.71. The molecule has 2 N–H and O–H groups in total. The van der Waals surface area contributed by atoms with Gasteiger partial charge in [0.1, 0.15) is 5.82 Å². The van der Waals surface area contributed by atoms with Crippen LogP contribution in [0.15, 0.2) is 24.3 Å². The standard InChI is InChI=1S/C13H17FN2O/c1-9(2)13(15)7-16(8-13)12(17)10-5-3-4-6-11(10)14/h3-6,9H,7-8,15H2,1-2H3. The second-order valence-corrected chi connectivity index (χ2v) is 5.03. The Morgan fingerprint density at radius 2 is 2.00 bits per heavy atom. The lowest BCUT2D eigenvalue weighted by Gasteiger charge is -2.50. The Kier molecular flexibility index (Phi) is 2.91. The van der Waals surface area contributed by atoms with Gasteiger partial charge in [0.2, 0.25) is 0 Å². The van der Waals surface area contributed by atoms with Crippen molar-refractivity contribution in [3.8, 4) is 0 Å². The van der Waals surface area contributed by atoms with Crippen LogP contribution in [0.3, 0.4) is 0 Å². The first kappa shape index (κ1) is 12.0. The van der Waals surface area contributed by atoms with Crippen molar-refractivity contribution >= 4 is 5.91 Å². The molecule has 4 heteroatoms. The molecular formula is C13H17FN2O. The molecule has 1 aliphatic heterocycles. The first-order chi connectivity index (χ1) is 7.94. The van der Waals surface area contributed by atoms with Gasteiger partial charge in [-0.1, -0.05) is 26.0 Å². The Morgan fingerprint density at radius 1 is 1.41 bits per heavy atom. The summed E-state index contributed by atoms with van der Waals surface area (Å²) in [5.74, 6) is -0.437. The summed E-state index contributed by atoms with van der Waals surface area (Å²) in [6.45, 7) is 5.06. The van der Waals surface area contributed by atoms with E-state index in [9.17, 15) is 9.18 Å². The van der Waals surface area contributed by atoms with E-state index in [-0.39, 0.29) is 17.0 Å². The monoisotopic (exact) mass is 236 g/mol. The predicted octanol–water partition coefficient (Wildman–Crippen LogP) is 1.64. The minimum Gasteiger partial charge on any atom is -0.335 e. The number of benzene rings is 1. The van der Waals surface area contributed by atoms with E-state index in [1.165, 1.54) is 12.1 Å². The molecule has 1 aromatic rings. The van der Waals surface area contributed by atoms with E-state index in [2.05, 4.69) is 0 Å².